The van der Waals surface area contributed by atoms with Gasteiger partial charge in [-0.2, -0.15) is 0 Å². The van der Waals surface area contributed by atoms with Crippen LogP contribution in [0.2, 0.25) is 0 Å². The van der Waals surface area contributed by atoms with E-state index in [1.165, 1.54) is 0 Å². The fourth-order valence-corrected chi connectivity index (χ4v) is 2.99. The van der Waals surface area contributed by atoms with Gasteiger partial charge in [0.2, 0.25) is 0 Å². The van der Waals surface area contributed by atoms with Crippen LogP contribution in [0.1, 0.15) is 25.5 Å². The highest BCUT2D eigenvalue weighted by atomic mass is 16.5. The summed E-state index contributed by atoms with van der Waals surface area (Å²) in [5.41, 5.74) is 1.08. The van der Waals surface area contributed by atoms with Gasteiger partial charge in [0.25, 0.3) is 0 Å². The van der Waals surface area contributed by atoms with Gasteiger partial charge in [0.1, 0.15) is 0 Å². The molecule has 1 fully saturated rings. The third-order valence-corrected chi connectivity index (χ3v) is 4.34. The third-order valence-electron chi connectivity index (χ3n) is 4.34. The Bertz CT molecular complexity index is 459. The zero-order chi connectivity index (χ0) is 15.9. The number of likely N-dealkylation sites (N-methyl/N-ethyl adjacent to an activating group) is 1. The van der Waals surface area contributed by atoms with Gasteiger partial charge in [-0.3, -0.25) is 4.90 Å². The average molecular weight is 308 g/mol. The number of benzene rings is 1. The van der Waals surface area contributed by atoms with E-state index in [2.05, 4.69) is 16.7 Å². The quantitative estimate of drug-likeness (QED) is 0.832. The Kier molecular flexibility index (Phi) is 6.49. The van der Waals surface area contributed by atoms with Crippen molar-refractivity contribution in [1.29, 1.82) is 0 Å². The van der Waals surface area contributed by atoms with Crippen LogP contribution in [0, 0.1) is 0 Å². The SMILES string of the molecule is CCOc1ccc(C(CO)N2CCN(CC)CC2)cc1OC. The second-order valence-corrected chi connectivity index (χ2v) is 5.51. The molecule has 0 spiro atoms. The lowest BCUT2D eigenvalue weighted by Crippen LogP contribution is -2.48. The molecule has 1 saturated heterocycles. The number of aliphatic hydroxyl groups is 1. The van der Waals surface area contributed by atoms with Crippen LogP contribution in [-0.2, 0) is 0 Å². The van der Waals surface area contributed by atoms with E-state index in [0.29, 0.717) is 6.61 Å². The molecular weight excluding hydrogens is 280 g/mol. The maximum Gasteiger partial charge on any atom is 0.161 e. The van der Waals surface area contributed by atoms with Crippen LogP contribution in [0.15, 0.2) is 18.2 Å². The molecule has 1 heterocycles. The zero-order valence-corrected chi connectivity index (χ0v) is 13.9. The molecule has 0 radical (unpaired) electrons. The number of rotatable bonds is 7. The van der Waals surface area contributed by atoms with Crippen molar-refractivity contribution in [3.05, 3.63) is 23.8 Å². The van der Waals surface area contributed by atoms with Crippen molar-refractivity contribution < 1.29 is 14.6 Å². The molecule has 1 unspecified atom stereocenters. The first kappa shape index (κ1) is 17.1. The molecule has 1 aromatic carbocycles. The lowest BCUT2D eigenvalue weighted by Gasteiger charge is -2.38. The number of aliphatic hydroxyl groups excluding tert-OH is 1. The van der Waals surface area contributed by atoms with Crippen molar-refractivity contribution in [1.82, 2.24) is 9.80 Å². The van der Waals surface area contributed by atoms with Crippen molar-refractivity contribution in [3.8, 4) is 11.5 Å². The van der Waals surface area contributed by atoms with Crippen LogP contribution in [0.3, 0.4) is 0 Å². The van der Waals surface area contributed by atoms with E-state index in [4.69, 9.17) is 9.47 Å². The Morgan fingerprint density at radius 2 is 1.86 bits per heavy atom. The number of ether oxygens (including phenoxy) is 2. The first-order valence-corrected chi connectivity index (χ1v) is 8.11. The van der Waals surface area contributed by atoms with E-state index in [-0.39, 0.29) is 12.6 Å². The van der Waals surface area contributed by atoms with E-state index in [1.807, 2.05) is 25.1 Å². The minimum Gasteiger partial charge on any atom is -0.493 e. The minimum absolute atomic E-state index is 0.0172. The Balaban J connectivity index is 2.13. The molecule has 1 aromatic rings. The first-order valence-electron chi connectivity index (χ1n) is 8.11. The highest BCUT2D eigenvalue weighted by Gasteiger charge is 2.24. The smallest absolute Gasteiger partial charge is 0.161 e. The molecule has 22 heavy (non-hydrogen) atoms. The van der Waals surface area contributed by atoms with Crippen molar-refractivity contribution >= 4 is 0 Å². The summed E-state index contributed by atoms with van der Waals surface area (Å²) in [4.78, 5) is 4.78. The summed E-state index contributed by atoms with van der Waals surface area (Å²) in [5.74, 6) is 1.48. The van der Waals surface area contributed by atoms with E-state index >= 15 is 0 Å². The summed E-state index contributed by atoms with van der Waals surface area (Å²) in [6.07, 6.45) is 0. The van der Waals surface area contributed by atoms with Crippen LogP contribution < -0.4 is 9.47 Å². The Morgan fingerprint density at radius 1 is 1.14 bits per heavy atom. The minimum atomic E-state index is 0.0172. The summed E-state index contributed by atoms with van der Waals surface area (Å²) in [6.45, 7) is 10.0. The second kappa shape index (κ2) is 8.36. The standard InChI is InChI=1S/C17H28N2O3/c1-4-18-8-10-19(11-9-18)15(13-20)14-6-7-16(22-5-2)17(12-14)21-3/h6-7,12,15,20H,4-5,8-11,13H2,1-3H3. The van der Waals surface area contributed by atoms with E-state index < -0.39 is 0 Å². The molecule has 1 atom stereocenters. The highest BCUT2D eigenvalue weighted by Crippen LogP contribution is 2.32. The maximum absolute atomic E-state index is 9.86. The number of methoxy groups -OCH3 is 1. The second-order valence-electron chi connectivity index (χ2n) is 5.51. The number of piperazine rings is 1. The van der Waals surface area contributed by atoms with Gasteiger partial charge in [0.15, 0.2) is 11.5 Å². The molecule has 0 aromatic heterocycles. The van der Waals surface area contributed by atoms with Crippen LogP contribution in [0.5, 0.6) is 11.5 Å². The monoisotopic (exact) mass is 308 g/mol. The van der Waals surface area contributed by atoms with Gasteiger partial charge in [-0.05, 0) is 31.2 Å². The van der Waals surface area contributed by atoms with Gasteiger partial charge in [-0.1, -0.05) is 13.0 Å². The van der Waals surface area contributed by atoms with Crippen molar-refractivity contribution in [2.75, 3.05) is 53.0 Å². The summed E-state index contributed by atoms with van der Waals surface area (Å²) < 4.78 is 11.0. The molecule has 1 aliphatic rings. The summed E-state index contributed by atoms with van der Waals surface area (Å²) in [7, 11) is 1.65. The predicted octanol–water partition coefficient (Wildman–Crippen LogP) is 1.76. The van der Waals surface area contributed by atoms with Crippen LogP contribution in [0.25, 0.3) is 0 Å². The molecule has 0 bridgehead atoms. The van der Waals surface area contributed by atoms with Crippen LogP contribution in [-0.4, -0.2) is 68.0 Å². The Labute approximate surface area is 133 Å². The topological polar surface area (TPSA) is 45.2 Å². The summed E-state index contributed by atoms with van der Waals surface area (Å²) >= 11 is 0. The van der Waals surface area contributed by atoms with Gasteiger partial charge in [-0.25, -0.2) is 0 Å². The van der Waals surface area contributed by atoms with E-state index in [1.54, 1.807) is 7.11 Å². The normalized spacial score (nSPS) is 18.2. The van der Waals surface area contributed by atoms with Gasteiger partial charge in [0.05, 0.1) is 26.4 Å². The maximum atomic E-state index is 9.86. The Hall–Kier alpha value is -1.30. The van der Waals surface area contributed by atoms with Crippen LogP contribution >= 0.6 is 0 Å². The summed E-state index contributed by atoms with van der Waals surface area (Å²) in [6, 6.07) is 5.96. The molecule has 1 aliphatic heterocycles. The lowest BCUT2D eigenvalue weighted by molar-refractivity contribution is 0.0671. The fraction of sp³-hybridized carbons (Fsp3) is 0.647. The molecule has 5 nitrogen and oxygen atoms in total. The molecule has 5 heteroatoms. The summed E-state index contributed by atoms with van der Waals surface area (Å²) in [5, 5.41) is 9.86. The molecule has 2 rings (SSSR count). The predicted molar refractivity (Wildman–Crippen MR) is 87.7 cm³/mol. The number of hydrogen-bond donors (Lipinski definition) is 1. The lowest BCUT2D eigenvalue weighted by atomic mass is 10.0. The van der Waals surface area contributed by atoms with Crippen molar-refractivity contribution in [3.63, 3.8) is 0 Å². The third kappa shape index (κ3) is 3.91. The average Bonchev–Trinajstić information content (AvgIpc) is 2.57. The zero-order valence-electron chi connectivity index (χ0n) is 13.9. The first-order chi connectivity index (χ1) is 10.7. The molecule has 0 saturated carbocycles. The van der Waals surface area contributed by atoms with Crippen molar-refractivity contribution in [2.24, 2.45) is 0 Å². The van der Waals surface area contributed by atoms with Crippen molar-refractivity contribution in [2.45, 2.75) is 19.9 Å². The van der Waals surface area contributed by atoms with E-state index in [0.717, 1.165) is 49.8 Å². The highest BCUT2D eigenvalue weighted by molar-refractivity contribution is 5.44. The van der Waals surface area contributed by atoms with E-state index in [9.17, 15) is 5.11 Å². The van der Waals surface area contributed by atoms with Gasteiger partial charge >= 0.3 is 0 Å². The van der Waals surface area contributed by atoms with Gasteiger partial charge in [0, 0.05) is 26.2 Å². The molecule has 124 valence electrons. The molecule has 1 N–H and O–H groups in total. The molecule has 0 amide bonds. The van der Waals surface area contributed by atoms with Crippen LogP contribution in [0.4, 0.5) is 0 Å². The fourth-order valence-electron chi connectivity index (χ4n) is 2.99. The van der Waals surface area contributed by atoms with Gasteiger partial charge < -0.3 is 19.5 Å². The molecular formula is C17H28N2O3. The number of hydrogen-bond acceptors (Lipinski definition) is 5. The Morgan fingerprint density at radius 3 is 2.41 bits per heavy atom. The largest absolute Gasteiger partial charge is 0.493 e. The molecule has 0 aliphatic carbocycles. The van der Waals surface area contributed by atoms with Gasteiger partial charge in [-0.15, -0.1) is 0 Å². The number of nitrogens with zero attached hydrogens (tertiary/aromatic N) is 2.